The Morgan fingerprint density at radius 2 is 2.42 bits per heavy atom. The average Bonchev–Trinajstić information content (AvgIpc) is 3.14. The smallest absolute Gasteiger partial charge is 0.222 e. The quantitative estimate of drug-likeness (QED) is 0.758. The summed E-state index contributed by atoms with van der Waals surface area (Å²) in [6, 6.07) is 5.62. The van der Waals surface area contributed by atoms with E-state index in [4.69, 9.17) is 9.47 Å². The highest BCUT2D eigenvalue weighted by molar-refractivity contribution is 5.76. The molecule has 1 fully saturated rings. The van der Waals surface area contributed by atoms with Crippen molar-refractivity contribution >= 4 is 5.91 Å². The summed E-state index contributed by atoms with van der Waals surface area (Å²) >= 11 is 0. The van der Waals surface area contributed by atoms with Gasteiger partial charge in [0, 0.05) is 19.2 Å². The molecule has 0 aromatic carbocycles. The molecule has 3 heterocycles. The third-order valence-electron chi connectivity index (χ3n) is 3.78. The number of rotatable bonds is 7. The van der Waals surface area contributed by atoms with Crippen LogP contribution in [0.3, 0.4) is 0 Å². The van der Waals surface area contributed by atoms with Gasteiger partial charge in [-0.15, -0.1) is 5.10 Å². The van der Waals surface area contributed by atoms with E-state index in [0.717, 1.165) is 12.1 Å². The first-order chi connectivity index (χ1) is 11.8. The minimum atomic E-state index is -0.183. The molecule has 24 heavy (non-hydrogen) atoms. The maximum atomic E-state index is 12.1. The van der Waals surface area contributed by atoms with Crippen molar-refractivity contribution in [3.05, 3.63) is 36.4 Å². The Kier molecular flexibility index (Phi) is 5.80. The maximum Gasteiger partial charge on any atom is 0.222 e. The summed E-state index contributed by atoms with van der Waals surface area (Å²) in [5.74, 6) is -0.0520. The zero-order valence-corrected chi connectivity index (χ0v) is 13.2. The molecule has 1 amide bonds. The van der Waals surface area contributed by atoms with E-state index in [9.17, 15) is 4.79 Å². The molecular weight excluding hydrogens is 312 g/mol. The minimum absolute atomic E-state index is 0.0520. The lowest BCUT2D eigenvalue weighted by atomic mass is 10.1. The van der Waals surface area contributed by atoms with Crippen molar-refractivity contribution in [1.82, 2.24) is 30.5 Å². The number of hydrogen-bond acceptors (Lipinski definition) is 7. The third kappa shape index (κ3) is 4.80. The van der Waals surface area contributed by atoms with Crippen molar-refractivity contribution in [1.29, 1.82) is 0 Å². The third-order valence-corrected chi connectivity index (χ3v) is 3.78. The zero-order valence-electron chi connectivity index (χ0n) is 13.2. The summed E-state index contributed by atoms with van der Waals surface area (Å²) < 4.78 is 12.9. The molecule has 9 heteroatoms. The highest BCUT2D eigenvalue weighted by Crippen LogP contribution is 2.13. The van der Waals surface area contributed by atoms with Crippen molar-refractivity contribution in [2.45, 2.75) is 38.1 Å². The molecule has 128 valence electrons. The molecule has 0 radical (unpaired) electrons. The number of nitrogens with one attached hydrogen (secondary N) is 1. The molecule has 0 saturated carbocycles. The number of aromatic nitrogens is 5. The monoisotopic (exact) mass is 332 g/mol. The van der Waals surface area contributed by atoms with Gasteiger partial charge in [0.25, 0.3) is 0 Å². The number of aryl methyl sites for hydroxylation is 1. The van der Waals surface area contributed by atoms with E-state index in [0.29, 0.717) is 32.8 Å². The maximum absolute atomic E-state index is 12.1. The highest BCUT2D eigenvalue weighted by atomic mass is 16.5. The number of pyridine rings is 1. The summed E-state index contributed by atoms with van der Waals surface area (Å²) in [5.41, 5.74) is 0.854. The van der Waals surface area contributed by atoms with Gasteiger partial charge in [-0.05, 0) is 29.0 Å². The van der Waals surface area contributed by atoms with E-state index < -0.39 is 0 Å². The Hall–Kier alpha value is -2.39. The predicted molar refractivity (Wildman–Crippen MR) is 82.6 cm³/mol. The van der Waals surface area contributed by atoms with Gasteiger partial charge in [0.2, 0.25) is 5.91 Å². The van der Waals surface area contributed by atoms with Gasteiger partial charge < -0.3 is 14.8 Å². The van der Waals surface area contributed by atoms with Gasteiger partial charge in [-0.2, -0.15) is 0 Å². The fraction of sp³-hybridized carbons (Fsp3) is 0.533. The molecule has 2 atom stereocenters. The summed E-state index contributed by atoms with van der Waals surface area (Å²) in [6.07, 6.45) is 4.07. The fourth-order valence-electron chi connectivity index (χ4n) is 2.49. The van der Waals surface area contributed by atoms with E-state index >= 15 is 0 Å². The van der Waals surface area contributed by atoms with E-state index in [1.54, 1.807) is 6.20 Å². The van der Waals surface area contributed by atoms with Crippen molar-refractivity contribution in [2.75, 3.05) is 13.2 Å². The molecule has 1 N–H and O–H groups in total. The van der Waals surface area contributed by atoms with E-state index in [1.165, 1.54) is 11.0 Å². The van der Waals surface area contributed by atoms with Gasteiger partial charge in [-0.25, -0.2) is 4.68 Å². The summed E-state index contributed by atoms with van der Waals surface area (Å²) in [5, 5.41) is 13.8. The predicted octanol–water partition coefficient (Wildman–Crippen LogP) is -0.0513. The summed E-state index contributed by atoms with van der Waals surface area (Å²) in [4.78, 5) is 16.4. The van der Waals surface area contributed by atoms with Crippen LogP contribution in [0, 0.1) is 0 Å². The second kappa shape index (κ2) is 8.46. The molecule has 0 unspecified atom stereocenters. The fourth-order valence-corrected chi connectivity index (χ4v) is 2.49. The number of carbonyl (C=O) groups excluding carboxylic acids is 1. The molecule has 0 spiro atoms. The summed E-state index contributed by atoms with van der Waals surface area (Å²) in [7, 11) is 0. The first-order valence-corrected chi connectivity index (χ1v) is 7.90. The normalized spacial score (nSPS) is 20.7. The Balaban J connectivity index is 1.47. The van der Waals surface area contributed by atoms with Crippen LogP contribution in [-0.2, 0) is 27.4 Å². The molecule has 1 saturated heterocycles. The van der Waals surface area contributed by atoms with Crippen LogP contribution in [0.2, 0.25) is 0 Å². The number of tetrazole rings is 1. The van der Waals surface area contributed by atoms with Crippen LogP contribution in [0.25, 0.3) is 0 Å². The number of hydrogen-bond donors (Lipinski definition) is 1. The lowest BCUT2D eigenvalue weighted by Gasteiger charge is -2.32. The zero-order chi connectivity index (χ0) is 16.6. The largest absolute Gasteiger partial charge is 0.379 e. The van der Waals surface area contributed by atoms with Crippen LogP contribution < -0.4 is 5.32 Å². The van der Waals surface area contributed by atoms with Crippen molar-refractivity contribution in [2.24, 2.45) is 0 Å². The summed E-state index contributed by atoms with van der Waals surface area (Å²) in [6.45, 7) is 1.92. The van der Waals surface area contributed by atoms with E-state index in [-0.39, 0.29) is 18.1 Å². The Morgan fingerprint density at radius 1 is 1.46 bits per heavy atom. The van der Waals surface area contributed by atoms with Crippen LogP contribution in [0.4, 0.5) is 0 Å². The van der Waals surface area contributed by atoms with E-state index in [2.05, 4.69) is 25.8 Å². The second-order valence-electron chi connectivity index (χ2n) is 5.53. The van der Waals surface area contributed by atoms with Crippen molar-refractivity contribution in [3.63, 3.8) is 0 Å². The number of carbonyl (C=O) groups is 1. The van der Waals surface area contributed by atoms with Gasteiger partial charge in [0.15, 0.2) is 0 Å². The molecule has 0 aliphatic carbocycles. The molecule has 9 nitrogen and oxygen atoms in total. The number of amides is 1. The topological polar surface area (TPSA) is 104 Å². The van der Waals surface area contributed by atoms with E-state index in [1.807, 2.05) is 18.2 Å². The van der Waals surface area contributed by atoms with Crippen LogP contribution in [0.15, 0.2) is 30.7 Å². The number of ether oxygens (including phenoxy) is 2. The Labute approximate surface area is 139 Å². The first kappa shape index (κ1) is 16.5. The molecule has 3 rings (SSSR count). The SMILES string of the molecule is O=C(CCn1cnnn1)N[C@@H]1CCOC[C@H]1OCc1ccccn1. The van der Waals surface area contributed by atoms with Crippen LogP contribution in [0.1, 0.15) is 18.5 Å². The first-order valence-electron chi connectivity index (χ1n) is 7.90. The molecule has 1 aliphatic heterocycles. The van der Waals surface area contributed by atoms with Crippen LogP contribution in [-0.4, -0.2) is 56.5 Å². The second-order valence-corrected chi connectivity index (χ2v) is 5.53. The Bertz CT molecular complexity index is 621. The molecule has 1 aliphatic rings. The van der Waals surface area contributed by atoms with Gasteiger partial charge in [0.1, 0.15) is 12.4 Å². The standard InChI is InChI=1S/C15H20N6O3/c22-15(4-7-21-11-17-19-20-21)18-13-5-8-23-10-14(13)24-9-12-3-1-2-6-16-12/h1-3,6,11,13-14H,4-5,7-10H2,(H,18,22)/t13-,14-/m1/s1. The minimum Gasteiger partial charge on any atom is -0.379 e. The van der Waals surface area contributed by atoms with Gasteiger partial charge in [0.05, 0.1) is 31.5 Å². The van der Waals surface area contributed by atoms with Crippen LogP contribution >= 0.6 is 0 Å². The Morgan fingerprint density at radius 3 is 3.21 bits per heavy atom. The van der Waals surface area contributed by atoms with Gasteiger partial charge in [-0.1, -0.05) is 6.07 Å². The molecule has 0 bridgehead atoms. The lowest BCUT2D eigenvalue weighted by Crippen LogP contribution is -2.50. The number of nitrogens with zero attached hydrogens (tertiary/aromatic N) is 5. The highest BCUT2D eigenvalue weighted by Gasteiger charge is 2.28. The van der Waals surface area contributed by atoms with Gasteiger partial charge >= 0.3 is 0 Å². The lowest BCUT2D eigenvalue weighted by molar-refractivity contribution is -0.127. The van der Waals surface area contributed by atoms with Crippen molar-refractivity contribution < 1.29 is 14.3 Å². The average molecular weight is 332 g/mol. The molecule has 2 aromatic rings. The molecular formula is C15H20N6O3. The van der Waals surface area contributed by atoms with Gasteiger partial charge in [-0.3, -0.25) is 9.78 Å². The van der Waals surface area contributed by atoms with Crippen molar-refractivity contribution in [3.8, 4) is 0 Å². The van der Waals surface area contributed by atoms with Crippen LogP contribution in [0.5, 0.6) is 0 Å². The molecule has 2 aromatic heterocycles.